The van der Waals surface area contributed by atoms with Gasteiger partial charge in [0, 0.05) is 11.9 Å². The van der Waals surface area contributed by atoms with E-state index in [1.54, 1.807) is 0 Å². The van der Waals surface area contributed by atoms with Gasteiger partial charge in [0.1, 0.15) is 0 Å². The number of hydrogen-bond acceptors (Lipinski definition) is 3. The zero-order valence-electron chi connectivity index (χ0n) is 9.00. The van der Waals surface area contributed by atoms with Crippen molar-refractivity contribution in [2.24, 2.45) is 0 Å². The van der Waals surface area contributed by atoms with Crippen LogP contribution in [-0.4, -0.2) is 15.6 Å². The molecule has 2 aromatic rings. The van der Waals surface area contributed by atoms with Crippen molar-refractivity contribution in [3.63, 3.8) is 0 Å². The lowest BCUT2D eigenvalue weighted by atomic mass is 10.2. The molecule has 1 heterocycles. The van der Waals surface area contributed by atoms with Crippen LogP contribution in [0.25, 0.3) is 11.3 Å². The second-order valence-corrected chi connectivity index (χ2v) is 5.05. The molecule has 17 heavy (non-hydrogen) atoms. The van der Waals surface area contributed by atoms with Gasteiger partial charge < -0.3 is 9.67 Å². The first-order valence-corrected chi connectivity index (χ1v) is 6.43. The molecule has 5 heteroatoms. The van der Waals surface area contributed by atoms with Crippen molar-refractivity contribution in [3.05, 3.63) is 39.7 Å². The molecular weight excluding hydrogens is 254 g/mol. The summed E-state index contributed by atoms with van der Waals surface area (Å²) in [5, 5.41) is 10.7. The first-order valence-electron chi connectivity index (χ1n) is 5.14. The van der Waals surface area contributed by atoms with Gasteiger partial charge in [0.15, 0.2) is 3.95 Å². The highest BCUT2D eigenvalue weighted by molar-refractivity contribution is 7.73. The number of carboxylic acids is 1. The van der Waals surface area contributed by atoms with E-state index in [1.165, 1.54) is 11.3 Å². The normalized spacial score (nSPS) is 10.4. The number of aromatic nitrogens is 1. The summed E-state index contributed by atoms with van der Waals surface area (Å²) in [6.45, 7) is 0.419. The van der Waals surface area contributed by atoms with Crippen LogP contribution in [0, 0.1) is 3.95 Å². The Bertz CT molecular complexity index is 572. The summed E-state index contributed by atoms with van der Waals surface area (Å²) in [6, 6.07) is 9.85. The third kappa shape index (κ3) is 2.81. The zero-order chi connectivity index (χ0) is 12.3. The van der Waals surface area contributed by atoms with E-state index in [-0.39, 0.29) is 6.42 Å². The summed E-state index contributed by atoms with van der Waals surface area (Å²) in [5.41, 5.74) is 2.05. The Morgan fingerprint density at radius 2 is 2.06 bits per heavy atom. The van der Waals surface area contributed by atoms with Gasteiger partial charge in [-0.25, -0.2) is 0 Å². The van der Waals surface area contributed by atoms with Crippen LogP contribution in [0.1, 0.15) is 6.42 Å². The van der Waals surface area contributed by atoms with Gasteiger partial charge in [0.05, 0.1) is 12.1 Å². The Morgan fingerprint density at radius 3 is 2.71 bits per heavy atom. The molecule has 0 amide bonds. The molecule has 2 rings (SSSR count). The van der Waals surface area contributed by atoms with Crippen LogP contribution in [0.2, 0.25) is 0 Å². The van der Waals surface area contributed by atoms with Gasteiger partial charge >= 0.3 is 5.97 Å². The maximum atomic E-state index is 10.6. The smallest absolute Gasteiger partial charge is 0.305 e. The molecular formula is C12H11NO2S2. The first kappa shape index (κ1) is 12.0. The second-order valence-electron chi connectivity index (χ2n) is 3.55. The molecule has 3 nitrogen and oxygen atoms in total. The molecule has 1 aromatic heterocycles. The van der Waals surface area contributed by atoms with Crippen molar-refractivity contribution in [2.45, 2.75) is 13.0 Å². The quantitative estimate of drug-likeness (QED) is 0.861. The molecule has 0 fully saturated rings. The van der Waals surface area contributed by atoms with Crippen LogP contribution >= 0.6 is 23.6 Å². The lowest BCUT2D eigenvalue weighted by Crippen LogP contribution is -2.05. The largest absolute Gasteiger partial charge is 0.481 e. The van der Waals surface area contributed by atoms with Crippen LogP contribution in [0.3, 0.4) is 0 Å². The number of aliphatic carboxylic acids is 1. The molecule has 0 aliphatic carbocycles. The van der Waals surface area contributed by atoms with E-state index in [0.717, 1.165) is 11.3 Å². The summed E-state index contributed by atoms with van der Waals surface area (Å²) < 4.78 is 2.59. The SMILES string of the molecule is O=C(O)CCn1c(-c2ccccc2)csc1=S. The molecule has 1 N–H and O–H groups in total. The number of benzene rings is 1. The maximum absolute atomic E-state index is 10.6. The maximum Gasteiger partial charge on any atom is 0.305 e. The topological polar surface area (TPSA) is 42.2 Å². The third-order valence-corrected chi connectivity index (χ3v) is 3.67. The highest BCUT2D eigenvalue weighted by Gasteiger charge is 2.07. The number of rotatable bonds is 4. The van der Waals surface area contributed by atoms with Crippen LogP contribution < -0.4 is 0 Å². The third-order valence-electron chi connectivity index (χ3n) is 2.40. The molecule has 0 radical (unpaired) electrons. The Balaban J connectivity index is 2.36. The van der Waals surface area contributed by atoms with Gasteiger partial charge in [-0.05, 0) is 17.8 Å². The molecule has 0 saturated carbocycles. The molecule has 0 atom stereocenters. The van der Waals surface area contributed by atoms with E-state index in [9.17, 15) is 4.79 Å². The Hall–Kier alpha value is -1.46. The minimum atomic E-state index is -0.808. The minimum Gasteiger partial charge on any atom is -0.481 e. The van der Waals surface area contributed by atoms with E-state index in [0.29, 0.717) is 10.5 Å². The van der Waals surface area contributed by atoms with E-state index in [2.05, 4.69) is 0 Å². The zero-order valence-corrected chi connectivity index (χ0v) is 10.6. The Kier molecular flexibility index (Phi) is 3.71. The van der Waals surface area contributed by atoms with Gasteiger partial charge in [-0.15, -0.1) is 11.3 Å². The molecule has 88 valence electrons. The molecule has 0 aliphatic heterocycles. The summed E-state index contributed by atoms with van der Waals surface area (Å²) in [4.78, 5) is 10.6. The second kappa shape index (κ2) is 5.25. The van der Waals surface area contributed by atoms with Gasteiger partial charge in [-0.1, -0.05) is 30.3 Å². The van der Waals surface area contributed by atoms with Crippen molar-refractivity contribution in [3.8, 4) is 11.3 Å². The van der Waals surface area contributed by atoms with Crippen molar-refractivity contribution < 1.29 is 9.90 Å². The van der Waals surface area contributed by atoms with Crippen molar-refractivity contribution in [1.29, 1.82) is 0 Å². The summed E-state index contributed by atoms with van der Waals surface area (Å²) in [6.07, 6.45) is 0.0882. The molecule has 0 saturated heterocycles. The van der Waals surface area contributed by atoms with Crippen LogP contribution in [-0.2, 0) is 11.3 Å². The number of thiazole rings is 1. The Labute approximate surface area is 108 Å². The van der Waals surface area contributed by atoms with E-state index in [1.807, 2.05) is 40.3 Å². The van der Waals surface area contributed by atoms with Gasteiger partial charge in [-0.3, -0.25) is 4.79 Å². The van der Waals surface area contributed by atoms with Crippen molar-refractivity contribution in [2.75, 3.05) is 0 Å². The number of carboxylic acid groups (broad SMARTS) is 1. The van der Waals surface area contributed by atoms with Gasteiger partial charge in [0.25, 0.3) is 0 Å². The highest BCUT2D eigenvalue weighted by atomic mass is 32.1. The summed E-state index contributed by atoms with van der Waals surface area (Å²) in [5.74, 6) is -0.808. The average molecular weight is 265 g/mol. The summed E-state index contributed by atoms with van der Waals surface area (Å²) >= 11 is 6.68. The fourth-order valence-electron chi connectivity index (χ4n) is 1.58. The lowest BCUT2D eigenvalue weighted by Gasteiger charge is -2.06. The average Bonchev–Trinajstić information content (AvgIpc) is 2.69. The number of carbonyl (C=O) groups is 1. The fraction of sp³-hybridized carbons (Fsp3) is 0.167. The lowest BCUT2D eigenvalue weighted by molar-refractivity contribution is -0.137. The standard InChI is InChI=1S/C12H11NO2S2/c14-11(15)6-7-13-10(8-17-12(13)16)9-4-2-1-3-5-9/h1-5,8H,6-7H2,(H,14,15). The fourth-order valence-corrected chi connectivity index (χ4v) is 2.71. The minimum absolute atomic E-state index is 0.0882. The van der Waals surface area contributed by atoms with Gasteiger partial charge in [0.2, 0.25) is 0 Å². The highest BCUT2D eigenvalue weighted by Crippen LogP contribution is 2.23. The van der Waals surface area contributed by atoms with E-state index >= 15 is 0 Å². The van der Waals surface area contributed by atoms with Crippen molar-refractivity contribution >= 4 is 29.5 Å². The van der Waals surface area contributed by atoms with Crippen LogP contribution in [0.5, 0.6) is 0 Å². The van der Waals surface area contributed by atoms with Crippen LogP contribution in [0.15, 0.2) is 35.7 Å². The summed E-state index contributed by atoms with van der Waals surface area (Å²) in [7, 11) is 0. The number of hydrogen-bond donors (Lipinski definition) is 1. The predicted octanol–water partition coefficient (Wildman–Crippen LogP) is 3.42. The molecule has 1 aromatic carbocycles. The molecule has 0 spiro atoms. The molecule has 0 unspecified atom stereocenters. The van der Waals surface area contributed by atoms with E-state index in [4.69, 9.17) is 17.3 Å². The van der Waals surface area contributed by atoms with Gasteiger partial charge in [-0.2, -0.15) is 0 Å². The number of nitrogens with zero attached hydrogens (tertiary/aromatic N) is 1. The predicted molar refractivity (Wildman–Crippen MR) is 70.8 cm³/mol. The first-order chi connectivity index (χ1) is 8.18. The molecule has 0 aliphatic rings. The monoisotopic (exact) mass is 265 g/mol. The van der Waals surface area contributed by atoms with Crippen molar-refractivity contribution in [1.82, 2.24) is 4.57 Å². The Morgan fingerprint density at radius 1 is 1.35 bits per heavy atom. The van der Waals surface area contributed by atoms with Crippen LogP contribution in [0.4, 0.5) is 0 Å². The van der Waals surface area contributed by atoms with E-state index < -0.39 is 5.97 Å². The molecule has 0 bridgehead atoms.